The zero-order valence-corrected chi connectivity index (χ0v) is 21.7. The van der Waals surface area contributed by atoms with Crippen molar-refractivity contribution in [2.75, 3.05) is 13.1 Å². The largest absolute Gasteiger partial charge is 0.351 e. The number of rotatable bonds is 7. The second-order valence-corrected chi connectivity index (χ2v) is 12.8. The molecule has 1 unspecified atom stereocenters. The Bertz CT molecular complexity index is 934. The van der Waals surface area contributed by atoms with E-state index in [4.69, 9.17) is 0 Å². The number of halogens is 2. The van der Waals surface area contributed by atoms with Crippen LogP contribution < -0.4 is 21.5 Å². The summed E-state index contributed by atoms with van der Waals surface area (Å²) in [5.41, 5.74) is 4.55. The second kappa shape index (κ2) is 9.22. The molecule has 0 aromatic carbocycles. The number of likely N-dealkylation sites (tertiary alicyclic amines) is 1. The van der Waals surface area contributed by atoms with Gasteiger partial charge < -0.3 is 15.5 Å². The standard InChI is InChI=1S/C25H39F2N5O4/c1-23(2,3)18(29-20(34)16-10-25(16,26)27)22(36)32-12-13-7-6-8-15(13)17(32)21(35)31-28-11-14-9-24(4,5)30-19(14)33/h13-18,28H,6-12H2,1-5H3,(H,29,34)(H,30,33)(H,31,35)/t13-,14+,15-,16?,17-,18+/m0/s1. The average molecular weight is 512 g/mol. The normalized spacial score (nSPS) is 33.0. The zero-order chi connectivity index (χ0) is 26.6. The molecule has 4 amide bonds. The Morgan fingerprint density at radius 2 is 1.81 bits per heavy atom. The number of hydrogen-bond acceptors (Lipinski definition) is 5. The van der Waals surface area contributed by atoms with Gasteiger partial charge in [-0.15, -0.1) is 0 Å². The maximum Gasteiger partial charge on any atom is 0.260 e. The highest BCUT2D eigenvalue weighted by Crippen LogP contribution is 2.49. The van der Waals surface area contributed by atoms with Crippen LogP contribution in [0.2, 0.25) is 0 Å². The maximum absolute atomic E-state index is 13.7. The van der Waals surface area contributed by atoms with Gasteiger partial charge in [0.2, 0.25) is 17.7 Å². The number of hydrazine groups is 1. The molecule has 202 valence electrons. The highest BCUT2D eigenvalue weighted by atomic mass is 19.3. The number of nitrogens with zero attached hydrogens (tertiary/aromatic N) is 1. The molecule has 6 atom stereocenters. The van der Waals surface area contributed by atoms with Crippen LogP contribution in [0.25, 0.3) is 0 Å². The van der Waals surface area contributed by atoms with Crippen LogP contribution in [0.5, 0.6) is 0 Å². The summed E-state index contributed by atoms with van der Waals surface area (Å²) in [6.45, 7) is 9.85. The van der Waals surface area contributed by atoms with Gasteiger partial charge in [0.05, 0.1) is 5.92 Å². The number of amides is 4. The summed E-state index contributed by atoms with van der Waals surface area (Å²) in [7, 11) is 0. The van der Waals surface area contributed by atoms with Crippen LogP contribution in [0.4, 0.5) is 8.78 Å². The summed E-state index contributed by atoms with van der Waals surface area (Å²) in [6.07, 6.45) is 2.82. The molecule has 4 rings (SSSR count). The first-order chi connectivity index (χ1) is 16.6. The van der Waals surface area contributed by atoms with Gasteiger partial charge in [0, 0.05) is 25.0 Å². The molecule has 2 aliphatic heterocycles. The fourth-order valence-corrected chi connectivity index (χ4v) is 6.12. The molecule has 0 spiro atoms. The van der Waals surface area contributed by atoms with Crippen molar-refractivity contribution in [2.45, 2.75) is 90.3 Å². The van der Waals surface area contributed by atoms with Crippen molar-refractivity contribution in [3.63, 3.8) is 0 Å². The lowest BCUT2D eigenvalue weighted by atomic mass is 9.85. The smallest absolute Gasteiger partial charge is 0.260 e. The molecule has 4 N–H and O–H groups in total. The van der Waals surface area contributed by atoms with Crippen molar-refractivity contribution < 1.29 is 28.0 Å². The minimum atomic E-state index is -3.03. The number of hydrogen-bond donors (Lipinski definition) is 4. The first-order valence-corrected chi connectivity index (χ1v) is 12.9. The Hall–Kier alpha value is -2.30. The van der Waals surface area contributed by atoms with Crippen LogP contribution in [-0.2, 0) is 19.2 Å². The third-order valence-electron chi connectivity index (χ3n) is 8.13. The van der Waals surface area contributed by atoms with Crippen molar-refractivity contribution in [1.29, 1.82) is 0 Å². The molecule has 0 radical (unpaired) electrons. The highest BCUT2D eigenvalue weighted by Gasteiger charge is 2.62. The Morgan fingerprint density at radius 1 is 1.14 bits per heavy atom. The Labute approximate surface area is 210 Å². The first kappa shape index (κ1) is 26.8. The molecule has 36 heavy (non-hydrogen) atoms. The Kier molecular flexibility index (Phi) is 6.85. The van der Waals surface area contributed by atoms with Crippen molar-refractivity contribution in [3.05, 3.63) is 0 Å². The van der Waals surface area contributed by atoms with Crippen LogP contribution >= 0.6 is 0 Å². The van der Waals surface area contributed by atoms with E-state index in [0.717, 1.165) is 19.3 Å². The molecule has 2 saturated heterocycles. The van der Waals surface area contributed by atoms with E-state index < -0.39 is 47.6 Å². The summed E-state index contributed by atoms with van der Waals surface area (Å²) in [6, 6.07) is -1.76. The van der Waals surface area contributed by atoms with E-state index in [1.165, 1.54) is 4.90 Å². The minimum Gasteiger partial charge on any atom is -0.351 e. The molecule has 9 nitrogen and oxygen atoms in total. The molecule has 4 fully saturated rings. The molecule has 0 aromatic heterocycles. The quantitative estimate of drug-likeness (QED) is 0.385. The Balaban J connectivity index is 1.44. The second-order valence-electron chi connectivity index (χ2n) is 12.8. The SMILES string of the molecule is CC1(C)C[C@H](CNNC(=O)[C@@H]2[C@H]3CCC[C@H]3CN2C(=O)[C@@H](NC(=O)C2CC2(F)F)C(C)(C)C)C(=O)N1. The van der Waals surface area contributed by atoms with Crippen molar-refractivity contribution >= 4 is 23.6 Å². The topological polar surface area (TPSA) is 120 Å². The monoisotopic (exact) mass is 511 g/mol. The molecule has 0 bridgehead atoms. The molecular formula is C25H39F2N5O4. The zero-order valence-electron chi connectivity index (χ0n) is 21.7. The molecule has 11 heteroatoms. The molecule has 2 heterocycles. The lowest BCUT2D eigenvalue weighted by Crippen LogP contribution is -2.59. The van der Waals surface area contributed by atoms with Gasteiger partial charge >= 0.3 is 0 Å². The van der Waals surface area contributed by atoms with E-state index >= 15 is 0 Å². The van der Waals surface area contributed by atoms with Gasteiger partial charge in [-0.3, -0.25) is 24.6 Å². The lowest BCUT2D eigenvalue weighted by Gasteiger charge is -2.36. The third kappa shape index (κ3) is 5.35. The summed E-state index contributed by atoms with van der Waals surface area (Å²) in [5.74, 6) is -6.22. The van der Waals surface area contributed by atoms with Crippen LogP contribution in [0, 0.1) is 29.1 Å². The van der Waals surface area contributed by atoms with Crippen molar-refractivity contribution in [2.24, 2.45) is 29.1 Å². The van der Waals surface area contributed by atoms with E-state index in [1.54, 1.807) is 20.8 Å². The fourth-order valence-electron chi connectivity index (χ4n) is 6.12. The molecule has 4 aliphatic rings. The third-order valence-corrected chi connectivity index (χ3v) is 8.13. The van der Waals surface area contributed by atoms with Gasteiger partial charge in [-0.05, 0) is 50.4 Å². The number of carbonyl (C=O) groups is 4. The van der Waals surface area contributed by atoms with Crippen molar-refractivity contribution in [1.82, 2.24) is 26.4 Å². The van der Waals surface area contributed by atoms with Gasteiger partial charge in [-0.2, -0.15) is 0 Å². The summed E-state index contributed by atoms with van der Waals surface area (Å²) >= 11 is 0. The van der Waals surface area contributed by atoms with E-state index in [2.05, 4.69) is 21.5 Å². The van der Waals surface area contributed by atoms with Crippen LogP contribution in [0.15, 0.2) is 0 Å². The summed E-state index contributed by atoms with van der Waals surface area (Å²) in [4.78, 5) is 53.2. The number of fused-ring (bicyclic) bond motifs is 1. The van der Waals surface area contributed by atoms with E-state index in [-0.39, 0.29) is 41.7 Å². The predicted octanol–water partition coefficient (Wildman–Crippen LogP) is 1.34. The van der Waals surface area contributed by atoms with Gasteiger partial charge in [-0.25, -0.2) is 14.2 Å². The van der Waals surface area contributed by atoms with E-state index in [1.807, 2.05) is 13.8 Å². The number of alkyl halides is 2. The van der Waals surface area contributed by atoms with E-state index in [9.17, 15) is 28.0 Å². The lowest BCUT2D eigenvalue weighted by molar-refractivity contribution is -0.145. The molecule has 2 aliphatic carbocycles. The first-order valence-electron chi connectivity index (χ1n) is 12.9. The fraction of sp³-hybridized carbons (Fsp3) is 0.840. The Morgan fingerprint density at radius 3 is 2.36 bits per heavy atom. The maximum atomic E-state index is 13.7. The molecule has 0 aromatic rings. The van der Waals surface area contributed by atoms with Crippen LogP contribution in [0.1, 0.15) is 66.7 Å². The van der Waals surface area contributed by atoms with E-state index in [0.29, 0.717) is 13.0 Å². The predicted molar refractivity (Wildman–Crippen MR) is 127 cm³/mol. The van der Waals surface area contributed by atoms with Crippen molar-refractivity contribution in [3.8, 4) is 0 Å². The number of carbonyl (C=O) groups excluding carboxylic acids is 4. The van der Waals surface area contributed by atoms with Gasteiger partial charge in [0.25, 0.3) is 11.8 Å². The summed E-state index contributed by atoms with van der Waals surface area (Å²) < 4.78 is 27.0. The van der Waals surface area contributed by atoms with Gasteiger partial charge in [0.1, 0.15) is 18.0 Å². The van der Waals surface area contributed by atoms with Gasteiger partial charge in [-0.1, -0.05) is 27.2 Å². The molecule has 2 saturated carbocycles. The van der Waals surface area contributed by atoms with Crippen LogP contribution in [0.3, 0.4) is 0 Å². The number of nitrogens with one attached hydrogen (secondary N) is 4. The molecular weight excluding hydrogens is 472 g/mol. The average Bonchev–Trinajstić information content (AvgIpc) is 3.07. The van der Waals surface area contributed by atoms with Crippen LogP contribution in [-0.4, -0.2) is 65.2 Å². The summed E-state index contributed by atoms with van der Waals surface area (Å²) in [5, 5.41) is 5.49. The van der Waals surface area contributed by atoms with Gasteiger partial charge in [0.15, 0.2) is 0 Å². The highest BCUT2D eigenvalue weighted by molar-refractivity contribution is 5.94. The minimum absolute atomic E-state index is 0.00597.